The van der Waals surface area contributed by atoms with Gasteiger partial charge in [0.15, 0.2) is 4.34 Å². The molecule has 0 aliphatic rings. The summed E-state index contributed by atoms with van der Waals surface area (Å²) in [7, 11) is -3.72. The second-order valence-electron chi connectivity index (χ2n) is 5.99. The molecule has 0 saturated heterocycles. The number of anilines is 2. The fourth-order valence-corrected chi connectivity index (χ4v) is 5.74. The molecule has 0 radical (unpaired) electrons. The van der Waals surface area contributed by atoms with E-state index >= 15 is 0 Å². The minimum atomic E-state index is -3.72. The van der Waals surface area contributed by atoms with Crippen LogP contribution in [-0.4, -0.2) is 42.1 Å². The topological polar surface area (TPSA) is 92.3 Å². The van der Waals surface area contributed by atoms with E-state index in [1.807, 2.05) is 13.8 Å². The lowest BCUT2D eigenvalue weighted by Gasteiger charge is -2.29. The number of aromatic nitrogens is 2. The molecule has 1 aromatic carbocycles. The molecule has 27 heavy (non-hydrogen) atoms. The fourth-order valence-electron chi connectivity index (χ4n) is 2.37. The van der Waals surface area contributed by atoms with Crippen molar-refractivity contribution in [2.45, 2.75) is 42.8 Å². The van der Waals surface area contributed by atoms with Gasteiger partial charge in [-0.2, -0.15) is 0 Å². The summed E-state index contributed by atoms with van der Waals surface area (Å²) in [6, 6.07) is 5.46. The van der Waals surface area contributed by atoms with E-state index in [1.54, 1.807) is 36.9 Å². The molecule has 1 aromatic heterocycles. The van der Waals surface area contributed by atoms with Crippen LogP contribution in [0, 0.1) is 0 Å². The van der Waals surface area contributed by atoms with Crippen molar-refractivity contribution in [1.29, 1.82) is 0 Å². The first kappa shape index (κ1) is 21.9. The molecule has 1 atom stereocenters. The fraction of sp³-hybridized carbons (Fsp3) is 0.438. The highest BCUT2D eigenvalue weighted by molar-refractivity contribution is 8.01. The van der Waals surface area contributed by atoms with Gasteiger partial charge < -0.3 is 0 Å². The van der Waals surface area contributed by atoms with Crippen molar-refractivity contribution in [3.8, 4) is 0 Å². The van der Waals surface area contributed by atoms with Gasteiger partial charge in [0.1, 0.15) is 6.04 Å². The molecular weight excluding hydrogens is 428 g/mol. The second-order valence-corrected chi connectivity index (χ2v) is 11.1. The van der Waals surface area contributed by atoms with Crippen LogP contribution in [0.1, 0.15) is 27.2 Å². The summed E-state index contributed by atoms with van der Waals surface area (Å²) in [5.41, 5.74) is 0.334. The number of nitrogens with zero attached hydrogens (tertiary/aromatic N) is 3. The van der Waals surface area contributed by atoms with Crippen molar-refractivity contribution < 1.29 is 13.2 Å². The predicted molar refractivity (Wildman–Crippen MR) is 112 cm³/mol. The lowest BCUT2D eigenvalue weighted by Crippen LogP contribution is -2.47. The summed E-state index contributed by atoms with van der Waals surface area (Å²) in [5, 5.41) is 11.7. The number of rotatable bonds is 8. The number of nitrogens with one attached hydrogen (secondary N) is 1. The van der Waals surface area contributed by atoms with E-state index < -0.39 is 22.0 Å². The van der Waals surface area contributed by atoms with Crippen molar-refractivity contribution in [1.82, 2.24) is 10.2 Å². The van der Waals surface area contributed by atoms with Crippen molar-refractivity contribution in [2.75, 3.05) is 15.9 Å². The SMILES string of the molecule is CCC(C(=O)Nc1nnc(SC(C)C)s1)N(c1cccc(Cl)c1)S(C)(=O)=O. The van der Waals surface area contributed by atoms with Gasteiger partial charge in [0.05, 0.1) is 11.9 Å². The quantitative estimate of drug-likeness (QED) is 0.486. The van der Waals surface area contributed by atoms with Crippen molar-refractivity contribution in [3.05, 3.63) is 29.3 Å². The highest BCUT2D eigenvalue weighted by atomic mass is 35.5. The number of hydrogen-bond acceptors (Lipinski definition) is 7. The third kappa shape index (κ3) is 6.06. The van der Waals surface area contributed by atoms with Gasteiger partial charge in [0.25, 0.3) is 0 Å². The Morgan fingerprint density at radius 2 is 2.07 bits per heavy atom. The van der Waals surface area contributed by atoms with Crippen LogP contribution < -0.4 is 9.62 Å². The first-order valence-electron chi connectivity index (χ1n) is 8.17. The molecule has 0 spiro atoms. The predicted octanol–water partition coefficient (Wildman–Crippen LogP) is 3.88. The van der Waals surface area contributed by atoms with E-state index in [-0.39, 0.29) is 6.42 Å². The maximum Gasteiger partial charge on any atom is 0.250 e. The van der Waals surface area contributed by atoms with Crippen molar-refractivity contribution in [2.24, 2.45) is 0 Å². The Morgan fingerprint density at radius 3 is 2.63 bits per heavy atom. The molecule has 0 fully saturated rings. The molecule has 148 valence electrons. The Kier molecular flexibility index (Phi) is 7.49. The third-order valence-electron chi connectivity index (χ3n) is 3.37. The molecule has 1 amide bonds. The molecule has 0 saturated carbocycles. The molecule has 2 rings (SSSR count). The molecule has 0 bridgehead atoms. The van der Waals surface area contributed by atoms with E-state index in [2.05, 4.69) is 15.5 Å². The molecule has 2 aromatic rings. The van der Waals surface area contributed by atoms with Crippen LogP contribution in [0.4, 0.5) is 10.8 Å². The van der Waals surface area contributed by atoms with Gasteiger partial charge >= 0.3 is 0 Å². The summed E-state index contributed by atoms with van der Waals surface area (Å²) in [4.78, 5) is 12.8. The number of carbonyl (C=O) groups is 1. The first-order valence-corrected chi connectivity index (χ1v) is 12.1. The zero-order valence-corrected chi connectivity index (χ0v) is 18.5. The van der Waals surface area contributed by atoms with Crippen LogP contribution in [0.15, 0.2) is 28.6 Å². The Hall–Kier alpha value is -1.36. The Balaban J connectivity index is 2.28. The number of halogens is 1. The number of amides is 1. The molecule has 0 aliphatic heterocycles. The highest BCUT2D eigenvalue weighted by Crippen LogP contribution is 2.30. The molecule has 11 heteroatoms. The Morgan fingerprint density at radius 1 is 1.37 bits per heavy atom. The zero-order valence-electron chi connectivity index (χ0n) is 15.3. The minimum Gasteiger partial charge on any atom is -0.299 e. The number of hydrogen-bond donors (Lipinski definition) is 1. The third-order valence-corrected chi connectivity index (χ3v) is 6.71. The van der Waals surface area contributed by atoms with Crippen LogP contribution >= 0.6 is 34.7 Å². The maximum absolute atomic E-state index is 12.8. The summed E-state index contributed by atoms with van der Waals surface area (Å²) in [6.07, 6.45) is 1.34. The maximum atomic E-state index is 12.8. The Labute approximate surface area is 172 Å². The van der Waals surface area contributed by atoms with Crippen molar-refractivity contribution >= 4 is 61.4 Å². The van der Waals surface area contributed by atoms with Crippen LogP contribution in [0.5, 0.6) is 0 Å². The van der Waals surface area contributed by atoms with E-state index in [0.29, 0.717) is 21.1 Å². The largest absolute Gasteiger partial charge is 0.299 e. The van der Waals surface area contributed by atoms with E-state index in [1.165, 1.54) is 17.4 Å². The van der Waals surface area contributed by atoms with Crippen LogP contribution in [0.2, 0.25) is 5.02 Å². The standard InChI is InChI=1S/C16H21ClN4O3S3/c1-5-13(14(22)18-15-19-20-16(26-15)25-10(2)3)21(27(4,23)24)12-8-6-7-11(17)9-12/h6-10,13H,5H2,1-4H3,(H,18,19,22). The minimum absolute atomic E-state index is 0.276. The van der Waals surface area contributed by atoms with Gasteiger partial charge in [-0.15, -0.1) is 10.2 Å². The smallest absolute Gasteiger partial charge is 0.250 e. The summed E-state index contributed by atoms with van der Waals surface area (Å²) < 4.78 is 26.6. The van der Waals surface area contributed by atoms with Gasteiger partial charge in [-0.25, -0.2) is 8.42 Å². The zero-order chi connectivity index (χ0) is 20.2. The molecule has 1 N–H and O–H groups in total. The van der Waals surface area contributed by atoms with Gasteiger partial charge in [0.2, 0.25) is 21.1 Å². The average Bonchev–Trinajstić information content (AvgIpc) is 2.97. The highest BCUT2D eigenvalue weighted by Gasteiger charge is 2.32. The number of carbonyl (C=O) groups excluding carboxylic acids is 1. The number of benzene rings is 1. The van der Waals surface area contributed by atoms with Gasteiger partial charge in [0, 0.05) is 10.3 Å². The molecule has 0 aliphatic carbocycles. The van der Waals surface area contributed by atoms with Crippen molar-refractivity contribution in [3.63, 3.8) is 0 Å². The van der Waals surface area contributed by atoms with Crippen LogP contribution in [-0.2, 0) is 14.8 Å². The normalized spacial score (nSPS) is 12.8. The average molecular weight is 449 g/mol. The van der Waals surface area contributed by atoms with E-state index in [0.717, 1.165) is 14.9 Å². The number of sulfonamides is 1. The lowest BCUT2D eigenvalue weighted by atomic mass is 10.2. The molecule has 1 unspecified atom stereocenters. The Bertz CT molecular complexity index is 902. The van der Waals surface area contributed by atoms with Crippen LogP contribution in [0.25, 0.3) is 0 Å². The number of thioether (sulfide) groups is 1. The van der Waals surface area contributed by atoms with Gasteiger partial charge in [-0.1, -0.05) is 61.5 Å². The van der Waals surface area contributed by atoms with E-state index in [4.69, 9.17) is 11.6 Å². The van der Waals surface area contributed by atoms with Crippen LogP contribution in [0.3, 0.4) is 0 Å². The molecule has 1 heterocycles. The summed E-state index contributed by atoms with van der Waals surface area (Å²) in [5.74, 6) is -0.472. The first-order chi connectivity index (χ1) is 12.6. The lowest BCUT2D eigenvalue weighted by molar-refractivity contribution is -0.117. The van der Waals surface area contributed by atoms with E-state index in [9.17, 15) is 13.2 Å². The monoisotopic (exact) mass is 448 g/mol. The molecule has 7 nitrogen and oxygen atoms in total. The van der Waals surface area contributed by atoms with Gasteiger partial charge in [-0.3, -0.25) is 14.4 Å². The second kappa shape index (κ2) is 9.22. The van der Waals surface area contributed by atoms with Gasteiger partial charge in [-0.05, 0) is 24.6 Å². The molecular formula is C16H21ClN4O3S3. The summed E-state index contributed by atoms with van der Waals surface area (Å²) >= 11 is 8.80. The summed E-state index contributed by atoms with van der Waals surface area (Å²) in [6.45, 7) is 5.81.